The van der Waals surface area contributed by atoms with Crippen molar-refractivity contribution in [3.8, 4) is 0 Å². The maximum Gasteiger partial charge on any atom is 0.0787 e. The zero-order chi connectivity index (χ0) is 28.3. The van der Waals surface area contributed by atoms with Gasteiger partial charge in [-0.2, -0.15) is 0 Å². The van der Waals surface area contributed by atoms with Crippen molar-refractivity contribution < 1.29 is 4.84 Å². The summed E-state index contributed by atoms with van der Waals surface area (Å²) >= 11 is 0. The van der Waals surface area contributed by atoms with Crippen molar-refractivity contribution >= 4 is 0 Å². The summed E-state index contributed by atoms with van der Waals surface area (Å²) in [4.78, 5) is 5.27. The molecule has 0 bridgehead atoms. The number of hydrogen-bond acceptors (Lipinski definition) is 2. The summed E-state index contributed by atoms with van der Waals surface area (Å²) in [5.74, 6) is 5.58. The lowest BCUT2D eigenvalue weighted by atomic mass is 10.0. The van der Waals surface area contributed by atoms with Gasteiger partial charge < -0.3 is 4.84 Å². The van der Waals surface area contributed by atoms with E-state index in [1.165, 1.54) is 141 Å². The van der Waals surface area contributed by atoms with Gasteiger partial charge in [0.15, 0.2) is 0 Å². The summed E-state index contributed by atoms with van der Waals surface area (Å²) in [6, 6.07) is 0. The molecule has 2 heteroatoms. The van der Waals surface area contributed by atoms with Gasteiger partial charge in [0.2, 0.25) is 0 Å². The average Bonchev–Trinajstić information content (AvgIpc) is 2.95. The van der Waals surface area contributed by atoms with Crippen LogP contribution in [0.2, 0.25) is 0 Å². The maximum atomic E-state index is 5.58. The Kier molecular flexibility index (Phi) is 33.9. The molecule has 0 spiro atoms. The van der Waals surface area contributed by atoms with Gasteiger partial charge in [0.1, 0.15) is 0 Å². The molecule has 0 atom stereocenters. The minimum absolute atomic E-state index is 0.265. The van der Waals surface area contributed by atoms with Crippen LogP contribution in [-0.2, 0) is 4.84 Å². The minimum atomic E-state index is 0.265. The molecule has 0 rings (SSSR count). The minimum Gasteiger partial charge on any atom is -0.301 e. The fraction of sp³-hybridized carbons (Fsp3) is 0.784. The Morgan fingerprint density at radius 3 is 1.05 bits per heavy atom. The third-order valence-electron chi connectivity index (χ3n) is 7.65. The summed E-state index contributed by atoms with van der Waals surface area (Å²) in [7, 11) is 0. The number of allylic oxidation sites excluding steroid dienone is 8. The van der Waals surface area contributed by atoms with Crippen molar-refractivity contribution in [1.29, 1.82) is 0 Å². The molecule has 0 saturated carbocycles. The van der Waals surface area contributed by atoms with Gasteiger partial charge in [-0.25, -0.2) is 5.90 Å². The molecule has 0 fully saturated rings. The van der Waals surface area contributed by atoms with E-state index in [2.05, 4.69) is 62.5 Å². The highest BCUT2D eigenvalue weighted by atomic mass is 16.6. The molecule has 0 aliphatic rings. The number of nitrogens with two attached hydrogens (primary N) is 1. The van der Waals surface area contributed by atoms with Gasteiger partial charge in [-0.15, -0.1) is 0 Å². The highest BCUT2D eigenvalue weighted by Gasteiger charge is 2.07. The number of unbranched alkanes of at least 4 members (excludes halogenated alkanes) is 18. The maximum absolute atomic E-state index is 5.58. The molecular weight excluding hydrogens is 474 g/mol. The van der Waals surface area contributed by atoms with Crippen molar-refractivity contribution in [2.75, 3.05) is 0 Å². The normalized spacial score (nSPS) is 13.2. The van der Waals surface area contributed by atoms with Crippen molar-refractivity contribution in [3.63, 3.8) is 0 Å². The summed E-state index contributed by atoms with van der Waals surface area (Å²) in [5, 5.41) is 0. The van der Waals surface area contributed by atoms with Crippen molar-refractivity contribution in [2.45, 2.75) is 187 Å². The molecule has 2 N–H and O–H groups in total. The zero-order valence-electron chi connectivity index (χ0n) is 26.6. The highest BCUT2D eigenvalue weighted by molar-refractivity contribution is 4.93. The smallest absolute Gasteiger partial charge is 0.0787 e. The summed E-state index contributed by atoms with van der Waals surface area (Å²) in [6.07, 6.45) is 52.4. The zero-order valence-corrected chi connectivity index (χ0v) is 26.6. The first kappa shape index (κ1) is 37.9. The van der Waals surface area contributed by atoms with Gasteiger partial charge in [0, 0.05) is 0 Å². The van der Waals surface area contributed by atoms with E-state index >= 15 is 0 Å². The Balaban J connectivity index is 3.41. The fourth-order valence-corrected chi connectivity index (χ4v) is 5.00. The van der Waals surface area contributed by atoms with E-state index in [1.54, 1.807) is 0 Å². The second-order valence-electron chi connectivity index (χ2n) is 11.5. The molecule has 0 amide bonds. The number of hydrogen-bond donors (Lipinski definition) is 1. The van der Waals surface area contributed by atoms with Crippen LogP contribution in [0, 0.1) is 0 Å². The predicted octanol–water partition coefficient (Wildman–Crippen LogP) is 12.7. The molecule has 0 aromatic carbocycles. The van der Waals surface area contributed by atoms with E-state index in [1.807, 2.05) is 0 Å². The van der Waals surface area contributed by atoms with Gasteiger partial charge in [-0.05, 0) is 77.0 Å². The van der Waals surface area contributed by atoms with Crippen molar-refractivity contribution in [3.05, 3.63) is 48.6 Å². The molecular formula is C37H69NO. The third kappa shape index (κ3) is 33.0. The average molecular weight is 544 g/mol. The van der Waals surface area contributed by atoms with E-state index < -0.39 is 0 Å². The molecule has 0 unspecified atom stereocenters. The van der Waals surface area contributed by atoms with E-state index in [0.717, 1.165) is 25.7 Å². The Morgan fingerprint density at radius 2 is 0.718 bits per heavy atom. The van der Waals surface area contributed by atoms with Crippen molar-refractivity contribution in [1.82, 2.24) is 0 Å². The fourth-order valence-electron chi connectivity index (χ4n) is 5.00. The summed E-state index contributed by atoms with van der Waals surface area (Å²) in [5.41, 5.74) is 0. The predicted molar refractivity (Wildman–Crippen MR) is 177 cm³/mol. The van der Waals surface area contributed by atoms with Gasteiger partial charge >= 0.3 is 0 Å². The van der Waals surface area contributed by atoms with E-state index in [-0.39, 0.29) is 6.10 Å². The van der Waals surface area contributed by atoms with Gasteiger partial charge in [-0.1, -0.05) is 152 Å². The second kappa shape index (κ2) is 34.9. The standard InChI is InChI=1S/C37H69NO/c1-3-5-7-9-11-13-15-17-19-21-23-25-27-29-31-33-35-37(39-38)36-34-32-30-28-26-24-22-20-18-16-14-12-10-8-6-4-2/h11-14,17-20,37H,3-10,15-16,21-36,38H2,1-2H3. The topological polar surface area (TPSA) is 35.2 Å². The van der Waals surface area contributed by atoms with E-state index in [0.29, 0.717) is 0 Å². The van der Waals surface area contributed by atoms with Gasteiger partial charge in [0.25, 0.3) is 0 Å². The molecule has 0 aromatic heterocycles. The summed E-state index contributed by atoms with van der Waals surface area (Å²) in [6.45, 7) is 4.53. The Morgan fingerprint density at radius 1 is 0.410 bits per heavy atom. The van der Waals surface area contributed by atoms with Gasteiger partial charge in [0.05, 0.1) is 6.10 Å². The lowest BCUT2D eigenvalue weighted by molar-refractivity contribution is 0.0378. The van der Waals surface area contributed by atoms with Crippen LogP contribution in [-0.4, -0.2) is 6.10 Å². The molecule has 0 saturated heterocycles. The molecule has 0 aliphatic carbocycles. The second-order valence-corrected chi connectivity index (χ2v) is 11.5. The summed E-state index contributed by atoms with van der Waals surface area (Å²) < 4.78 is 0. The Hall–Kier alpha value is -1.12. The molecule has 0 heterocycles. The SMILES string of the molecule is CCCCCC=CCC=CCCCCCCCCC(CCCCCCCCC=CCC=CCCCCC)ON. The molecule has 2 nitrogen and oxygen atoms in total. The van der Waals surface area contributed by atoms with Crippen LogP contribution in [0.25, 0.3) is 0 Å². The van der Waals surface area contributed by atoms with E-state index in [4.69, 9.17) is 10.7 Å². The molecule has 0 radical (unpaired) electrons. The first-order valence-electron chi connectivity index (χ1n) is 17.3. The van der Waals surface area contributed by atoms with Crippen LogP contribution in [0.1, 0.15) is 181 Å². The van der Waals surface area contributed by atoms with Crippen LogP contribution in [0.5, 0.6) is 0 Å². The van der Waals surface area contributed by atoms with Crippen LogP contribution in [0.15, 0.2) is 48.6 Å². The van der Waals surface area contributed by atoms with Crippen LogP contribution >= 0.6 is 0 Å². The van der Waals surface area contributed by atoms with Crippen LogP contribution < -0.4 is 5.90 Å². The number of rotatable bonds is 31. The lowest BCUT2D eigenvalue weighted by Gasteiger charge is -2.14. The molecule has 39 heavy (non-hydrogen) atoms. The first-order valence-corrected chi connectivity index (χ1v) is 17.3. The highest BCUT2D eigenvalue weighted by Crippen LogP contribution is 2.16. The Bertz CT molecular complexity index is 514. The Labute approximate surface area is 246 Å². The molecule has 0 aliphatic heterocycles. The largest absolute Gasteiger partial charge is 0.301 e. The lowest BCUT2D eigenvalue weighted by Crippen LogP contribution is -2.17. The quantitative estimate of drug-likeness (QED) is 0.0536. The van der Waals surface area contributed by atoms with Crippen molar-refractivity contribution in [2.24, 2.45) is 5.90 Å². The monoisotopic (exact) mass is 544 g/mol. The third-order valence-corrected chi connectivity index (χ3v) is 7.65. The first-order chi connectivity index (χ1) is 19.3. The van der Waals surface area contributed by atoms with Gasteiger partial charge in [-0.3, -0.25) is 0 Å². The van der Waals surface area contributed by atoms with Crippen LogP contribution in [0.3, 0.4) is 0 Å². The molecule has 0 aromatic rings. The van der Waals surface area contributed by atoms with Crippen LogP contribution in [0.4, 0.5) is 0 Å². The molecule has 228 valence electrons. The van der Waals surface area contributed by atoms with E-state index in [9.17, 15) is 0 Å².